The molecule has 1 aromatic heterocycles. The minimum Gasteiger partial charge on any atom is -0.374 e. The van der Waals surface area contributed by atoms with Crippen molar-refractivity contribution in [3.8, 4) is 16.8 Å². The van der Waals surface area contributed by atoms with E-state index in [4.69, 9.17) is 9.72 Å². The highest BCUT2D eigenvalue weighted by Crippen LogP contribution is 2.51. The first-order chi connectivity index (χ1) is 14.9. The van der Waals surface area contributed by atoms with Gasteiger partial charge >= 0.3 is 0 Å². The van der Waals surface area contributed by atoms with Gasteiger partial charge in [-0.05, 0) is 55.4 Å². The fourth-order valence-electron chi connectivity index (χ4n) is 6.05. The minimum absolute atomic E-state index is 0.00691. The summed E-state index contributed by atoms with van der Waals surface area (Å²) >= 11 is 0. The third-order valence-corrected chi connectivity index (χ3v) is 7.69. The fraction of sp³-hybridized carbons (Fsp3) is 0.407. The summed E-state index contributed by atoms with van der Waals surface area (Å²) in [7, 11) is 1.65. The number of imidazole rings is 1. The predicted octanol–water partition coefficient (Wildman–Crippen LogP) is 5.29. The Morgan fingerprint density at radius 3 is 2.42 bits per heavy atom. The molecular weight excluding hydrogens is 384 g/mol. The van der Waals surface area contributed by atoms with Gasteiger partial charge in [-0.15, -0.1) is 0 Å². The highest BCUT2D eigenvalue weighted by atomic mass is 16.5. The number of Topliss-reactive ketones (excluding diaryl/α,β-unsaturated/α-hetero) is 1. The zero-order chi connectivity index (χ0) is 21.8. The third-order valence-electron chi connectivity index (χ3n) is 7.69. The second kappa shape index (κ2) is 7.45. The molecule has 1 unspecified atom stereocenters. The molecule has 0 N–H and O–H groups in total. The molecule has 4 nitrogen and oxygen atoms in total. The molecule has 0 amide bonds. The molecule has 1 fully saturated rings. The smallest absolute Gasteiger partial charge is 0.164 e. The van der Waals surface area contributed by atoms with Gasteiger partial charge in [-0.3, -0.25) is 4.79 Å². The van der Waals surface area contributed by atoms with Gasteiger partial charge in [0.05, 0.1) is 5.69 Å². The zero-order valence-electron chi connectivity index (χ0n) is 18.8. The Labute approximate surface area is 184 Å². The summed E-state index contributed by atoms with van der Waals surface area (Å²) < 4.78 is 7.91. The van der Waals surface area contributed by atoms with Gasteiger partial charge in [0.15, 0.2) is 5.78 Å². The first-order valence-corrected chi connectivity index (χ1v) is 11.2. The number of benzene rings is 2. The lowest BCUT2D eigenvalue weighted by molar-refractivity contribution is -0.143. The van der Waals surface area contributed by atoms with Crippen LogP contribution in [-0.4, -0.2) is 28.5 Å². The lowest BCUT2D eigenvalue weighted by atomic mass is 9.56. The van der Waals surface area contributed by atoms with Crippen molar-refractivity contribution >= 4 is 5.78 Å². The van der Waals surface area contributed by atoms with Crippen molar-refractivity contribution in [2.45, 2.75) is 51.6 Å². The number of carbonyl (C=O) groups is 1. The number of carbonyl (C=O) groups excluding carboxylic acids is 1. The van der Waals surface area contributed by atoms with E-state index in [2.05, 4.69) is 73.9 Å². The topological polar surface area (TPSA) is 44.1 Å². The van der Waals surface area contributed by atoms with Crippen LogP contribution >= 0.6 is 0 Å². The molecule has 0 spiro atoms. The minimum atomic E-state index is -0.335. The highest BCUT2D eigenvalue weighted by Gasteiger charge is 2.53. The Balaban J connectivity index is 1.55. The highest BCUT2D eigenvalue weighted by molar-refractivity contribution is 5.87. The lowest BCUT2D eigenvalue weighted by Gasteiger charge is -2.49. The summed E-state index contributed by atoms with van der Waals surface area (Å²) in [5.41, 5.74) is 5.90. The van der Waals surface area contributed by atoms with Gasteiger partial charge in [0.25, 0.3) is 0 Å². The van der Waals surface area contributed by atoms with Crippen LogP contribution in [-0.2, 0) is 21.4 Å². The lowest BCUT2D eigenvalue weighted by Crippen LogP contribution is -2.53. The number of ether oxygens (including phenoxy) is 1. The molecule has 0 aliphatic heterocycles. The third kappa shape index (κ3) is 3.08. The first kappa shape index (κ1) is 20.2. The van der Waals surface area contributed by atoms with Crippen LogP contribution in [0.1, 0.15) is 43.9 Å². The average molecular weight is 415 g/mol. The van der Waals surface area contributed by atoms with E-state index in [1.54, 1.807) is 7.11 Å². The molecule has 0 bridgehead atoms. The number of aromatic nitrogens is 2. The number of aryl methyl sites for hydroxylation is 1. The summed E-state index contributed by atoms with van der Waals surface area (Å²) in [5.74, 6) is 1.59. The molecule has 2 aromatic carbocycles. The largest absolute Gasteiger partial charge is 0.374 e. The van der Waals surface area contributed by atoms with Crippen molar-refractivity contribution in [1.82, 2.24) is 9.55 Å². The number of hydrogen-bond donors (Lipinski definition) is 0. The SMILES string of the molecule is COC1C[C@]2(C)c3nc(C)n(-c4ccc(-c5ccccc5)cc4)c3CC[C@H]2[C@H](C)C1=O. The van der Waals surface area contributed by atoms with E-state index < -0.39 is 0 Å². The van der Waals surface area contributed by atoms with Crippen LogP contribution in [0.4, 0.5) is 0 Å². The molecule has 0 saturated heterocycles. The van der Waals surface area contributed by atoms with Crippen LogP contribution < -0.4 is 0 Å². The Kier molecular flexibility index (Phi) is 4.86. The molecule has 5 rings (SSSR count). The van der Waals surface area contributed by atoms with Gasteiger partial charge in [-0.2, -0.15) is 0 Å². The predicted molar refractivity (Wildman–Crippen MR) is 122 cm³/mol. The summed E-state index contributed by atoms with van der Waals surface area (Å²) in [6.45, 7) is 6.46. The standard InChI is InChI=1S/C27H30N2O2/c1-17-22-14-15-23-26(27(22,3)16-24(31-4)25(17)30)28-18(2)29(23)21-12-10-20(11-13-21)19-8-6-5-7-9-19/h5-13,17,22,24H,14-16H2,1-4H3/t17-,22-,24?,27-/m0/s1. The van der Waals surface area contributed by atoms with Crippen LogP contribution in [0, 0.1) is 18.8 Å². The Morgan fingerprint density at radius 1 is 1.06 bits per heavy atom. The molecule has 3 aromatic rings. The number of fused-ring (bicyclic) bond motifs is 3. The van der Waals surface area contributed by atoms with Gasteiger partial charge in [-0.1, -0.05) is 56.3 Å². The van der Waals surface area contributed by atoms with Crippen molar-refractivity contribution in [3.63, 3.8) is 0 Å². The maximum absolute atomic E-state index is 12.8. The van der Waals surface area contributed by atoms with E-state index in [9.17, 15) is 4.79 Å². The molecule has 1 saturated carbocycles. The molecule has 4 heteroatoms. The van der Waals surface area contributed by atoms with Gasteiger partial charge < -0.3 is 9.30 Å². The monoisotopic (exact) mass is 414 g/mol. The summed E-state index contributed by atoms with van der Waals surface area (Å²) in [4.78, 5) is 17.8. The number of nitrogens with zero attached hydrogens (tertiary/aromatic N) is 2. The number of methoxy groups -OCH3 is 1. The Morgan fingerprint density at radius 2 is 1.74 bits per heavy atom. The van der Waals surface area contributed by atoms with Crippen LogP contribution in [0.3, 0.4) is 0 Å². The molecule has 160 valence electrons. The van der Waals surface area contributed by atoms with E-state index in [1.807, 2.05) is 6.07 Å². The van der Waals surface area contributed by atoms with Crippen LogP contribution in [0.25, 0.3) is 16.8 Å². The van der Waals surface area contributed by atoms with Gasteiger partial charge in [0.1, 0.15) is 11.9 Å². The Hall–Kier alpha value is -2.72. The molecule has 31 heavy (non-hydrogen) atoms. The summed E-state index contributed by atoms with van der Waals surface area (Å²) in [6.07, 6.45) is 2.35. The Bertz CT molecular complexity index is 1120. The van der Waals surface area contributed by atoms with Gasteiger partial charge in [0.2, 0.25) is 0 Å². The van der Waals surface area contributed by atoms with E-state index >= 15 is 0 Å². The van der Waals surface area contributed by atoms with Gasteiger partial charge in [0, 0.05) is 29.8 Å². The maximum atomic E-state index is 12.8. The molecule has 2 aliphatic rings. The van der Waals surface area contributed by atoms with Crippen molar-refractivity contribution in [3.05, 3.63) is 71.8 Å². The normalized spacial score (nSPS) is 27.6. The number of hydrogen-bond acceptors (Lipinski definition) is 3. The molecular formula is C27H30N2O2. The molecule has 0 radical (unpaired) electrons. The van der Waals surface area contributed by atoms with Gasteiger partial charge in [-0.25, -0.2) is 4.98 Å². The van der Waals surface area contributed by atoms with Crippen molar-refractivity contribution in [2.24, 2.45) is 11.8 Å². The van der Waals surface area contributed by atoms with E-state index in [0.29, 0.717) is 12.3 Å². The second-order valence-electron chi connectivity index (χ2n) is 9.38. The van der Waals surface area contributed by atoms with Crippen LogP contribution in [0.2, 0.25) is 0 Å². The summed E-state index contributed by atoms with van der Waals surface area (Å²) in [6, 6.07) is 19.2. The average Bonchev–Trinajstić information content (AvgIpc) is 3.14. The van der Waals surface area contributed by atoms with Crippen LogP contribution in [0.15, 0.2) is 54.6 Å². The van der Waals surface area contributed by atoms with E-state index in [0.717, 1.165) is 30.0 Å². The van der Waals surface area contributed by atoms with Crippen molar-refractivity contribution < 1.29 is 9.53 Å². The zero-order valence-corrected chi connectivity index (χ0v) is 18.8. The fourth-order valence-corrected chi connectivity index (χ4v) is 6.05. The first-order valence-electron chi connectivity index (χ1n) is 11.2. The van der Waals surface area contributed by atoms with E-state index in [-0.39, 0.29) is 23.2 Å². The summed E-state index contributed by atoms with van der Waals surface area (Å²) in [5, 5.41) is 0. The maximum Gasteiger partial charge on any atom is 0.164 e. The number of rotatable bonds is 3. The second-order valence-corrected chi connectivity index (χ2v) is 9.38. The number of ketones is 1. The quantitative estimate of drug-likeness (QED) is 0.585. The van der Waals surface area contributed by atoms with Crippen molar-refractivity contribution in [1.29, 1.82) is 0 Å². The van der Waals surface area contributed by atoms with Crippen molar-refractivity contribution in [2.75, 3.05) is 7.11 Å². The molecule has 2 aliphatic carbocycles. The molecule has 4 atom stereocenters. The van der Waals surface area contributed by atoms with Crippen LogP contribution in [0.5, 0.6) is 0 Å². The van der Waals surface area contributed by atoms with E-state index in [1.165, 1.54) is 16.8 Å². The molecule has 1 heterocycles.